The fourth-order valence-electron chi connectivity index (χ4n) is 2.86. The van der Waals surface area contributed by atoms with Gasteiger partial charge >= 0.3 is 0 Å². The molecule has 0 spiro atoms. The maximum Gasteiger partial charge on any atom is 0.238 e. The third-order valence-electron chi connectivity index (χ3n) is 3.99. The van der Waals surface area contributed by atoms with E-state index < -0.39 is 0 Å². The fraction of sp³-hybridized carbons (Fsp3) is 0.562. The highest BCUT2D eigenvalue weighted by Crippen LogP contribution is 2.25. The molecule has 0 heterocycles. The van der Waals surface area contributed by atoms with Crippen LogP contribution in [0.15, 0.2) is 22.7 Å². The molecule has 0 bridgehead atoms. The first-order valence-electron chi connectivity index (χ1n) is 7.40. The first kappa shape index (κ1) is 15.5. The molecule has 0 atom stereocenters. The summed E-state index contributed by atoms with van der Waals surface area (Å²) < 4.78 is 0.940. The van der Waals surface area contributed by atoms with Gasteiger partial charge in [-0.3, -0.25) is 9.69 Å². The molecule has 0 unspecified atom stereocenters. The topological polar surface area (TPSA) is 32.3 Å². The van der Waals surface area contributed by atoms with Crippen LogP contribution >= 0.6 is 15.9 Å². The predicted octanol–water partition coefficient (Wildman–Crippen LogP) is 3.96. The molecule has 1 aliphatic rings. The summed E-state index contributed by atoms with van der Waals surface area (Å²) in [6, 6.07) is 6.56. The molecular weight excluding hydrogens is 316 g/mol. The number of nitrogens with zero attached hydrogens (tertiary/aromatic N) is 1. The van der Waals surface area contributed by atoms with Crippen LogP contribution in [-0.4, -0.2) is 29.9 Å². The molecule has 1 fully saturated rings. The number of hydrogen-bond donors (Lipinski definition) is 1. The van der Waals surface area contributed by atoms with Crippen molar-refractivity contribution in [3.05, 3.63) is 28.2 Å². The Morgan fingerprint density at radius 3 is 2.70 bits per heavy atom. The summed E-state index contributed by atoms with van der Waals surface area (Å²) in [6.07, 6.45) is 5.06. The van der Waals surface area contributed by atoms with E-state index in [0.29, 0.717) is 12.6 Å². The summed E-state index contributed by atoms with van der Waals surface area (Å²) in [7, 11) is 0. The van der Waals surface area contributed by atoms with Crippen molar-refractivity contribution in [2.45, 2.75) is 45.6 Å². The molecule has 1 aromatic rings. The molecule has 110 valence electrons. The monoisotopic (exact) mass is 338 g/mol. The van der Waals surface area contributed by atoms with E-state index in [1.54, 1.807) is 0 Å². The van der Waals surface area contributed by atoms with Gasteiger partial charge in [0.05, 0.1) is 12.2 Å². The molecular formula is C16H23BrN2O. The number of likely N-dealkylation sites (N-methyl/N-ethyl adjacent to an activating group) is 1. The molecule has 1 amide bonds. The highest BCUT2D eigenvalue weighted by Gasteiger charge is 2.23. The van der Waals surface area contributed by atoms with E-state index >= 15 is 0 Å². The standard InChI is InChI=1S/C16H23BrN2O/c1-3-19(13-6-4-5-7-13)11-16(20)18-15-9-8-12(2)10-14(15)17/h8-10,13H,3-7,11H2,1-2H3,(H,18,20). The molecule has 2 rings (SSSR count). The minimum absolute atomic E-state index is 0.0725. The fourth-order valence-corrected chi connectivity index (χ4v) is 3.46. The minimum atomic E-state index is 0.0725. The Morgan fingerprint density at radius 1 is 1.40 bits per heavy atom. The summed E-state index contributed by atoms with van der Waals surface area (Å²) in [5.74, 6) is 0.0725. The van der Waals surface area contributed by atoms with Crippen molar-refractivity contribution in [1.29, 1.82) is 0 Å². The first-order chi connectivity index (χ1) is 9.60. The molecule has 1 N–H and O–H groups in total. The quantitative estimate of drug-likeness (QED) is 0.881. The van der Waals surface area contributed by atoms with Crippen molar-refractivity contribution in [3.8, 4) is 0 Å². The zero-order valence-electron chi connectivity index (χ0n) is 12.3. The zero-order chi connectivity index (χ0) is 14.5. The summed E-state index contributed by atoms with van der Waals surface area (Å²) in [5, 5.41) is 3.00. The molecule has 20 heavy (non-hydrogen) atoms. The number of amides is 1. The SMILES string of the molecule is CCN(CC(=O)Nc1ccc(C)cc1Br)C1CCCC1. The Morgan fingerprint density at radius 2 is 2.10 bits per heavy atom. The highest BCUT2D eigenvalue weighted by atomic mass is 79.9. The van der Waals surface area contributed by atoms with E-state index in [-0.39, 0.29) is 5.91 Å². The van der Waals surface area contributed by atoms with Crippen LogP contribution < -0.4 is 5.32 Å². The lowest BCUT2D eigenvalue weighted by atomic mass is 10.2. The van der Waals surface area contributed by atoms with E-state index in [2.05, 4.69) is 33.1 Å². The van der Waals surface area contributed by atoms with Crippen LogP contribution in [0.4, 0.5) is 5.69 Å². The second kappa shape index (κ2) is 7.23. The van der Waals surface area contributed by atoms with Crippen LogP contribution in [0.5, 0.6) is 0 Å². The number of aryl methyl sites for hydroxylation is 1. The minimum Gasteiger partial charge on any atom is -0.324 e. The average molecular weight is 339 g/mol. The Hall–Kier alpha value is -0.870. The van der Waals surface area contributed by atoms with Crippen molar-refractivity contribution in [2.24, 2.45) is 0 Å². The third-order valence-corrected chi connectivity index (χ3v) is 4.65. The Kier molecular flexibility index (Phi) is 5.61. The second-order valence-corrected chi connectivity index (χ2v) is 6.39. The normalized spacial score (nSPS) is 15.8. The zero-order valence-corrected chi connectivity index (χ0v) is 13.9. The van der Waals surface area contributed by atoms with Gasteiger partial charge in [0, 0.05) is 10.5 Å². The van der Waals surface area contributed by atoms with E-state index in [1.165, 1.54) is 31.2 Å². The van der Waals surface area contributed by atoms with Gasteiger partial charge in [0.15, 0.2) is 0 Å². The van der Waals surface area contributed by atoms with E-state index in [1.807, 2.05) is 25.1 Å². The Labute approximate surface area is 129 Å². The van der Waals surface area contributed by atoms with Crippen LogP contribution in [0.25, 0.3) is 0 Å². The molecule has 3 nitrogen and oxygen atoms in total. The summed E-state index contributed by atoms with van der Waals surface area (Å²) >= 11 is 3.50. The molecule has 1 saturated carbocycles. The van der Waals surface area contributed by atoms with Crippen LogP contribution in [0.3, 0.4) is 0 Å². The molecule has 4 heteroatoms. The summed E-state index contributed by atoms with van der Waals surface area (Å²) in [6.45, 7) is 5.59. The molecule has 0 aliphatic heterocycles. The van der Waals surface area contributed by atoms with Crippen LogP contribution in [-0.2, 0) is 4.79 Å². The van der Waals surface area contributed by atoms with E-state index in [0.717, 1.165) is 16.7 Å². The molecule has 0 aromatic heterocycles. The maximum atomic E-state index is 12.2. The van der Waals surface area contributed by atoms with E-state index in [4.69, 9.17) is 0 Å². The van der Waals surface area contributed by atoms with Gasteiger partial charge in [0.2, 0.25) is 5.91 Å². The number of hydrogen-bond acceptors (Lipinski definition) is 2. The lowest BCUT2D eigenvalue weighted by Crippen LogP contribution is -2.39. The van der Waals surface area contributed by atoms with Gasteiger partial charge in [-0.15, -0.1) is 0 Å². The van der Waals surface area contributed by atoms with Gasteiger partial charge in [0.1, 0.15) is 0 Å². The third kappa shape index (κ3) is 4.06. The van der Waals surface area contributed by atoms with Gasteiger partial charge in [0.25, 0.3) is 0 Å². The summed E-state index contributed by atoms with van der Waals surface area (Å²) in [4.78, 5) is 14.5. The number of rotatable bonds is 5. The average Bonchev–Trinajstić information content (AvgIpc) is 2.93. The number of carbonyl (C=O) groups excluding carboxylic acids is 1. The molecule has 1 aromatic carbocycles. The number of nitrogens with one attached hydrogen (secondary N) is 1. The van der Waals surface area contributed by atoms with Gasteiger partial charge in [-0.1, -0.05) is 25.8 Å². The van der Waals surface area contributed by atoms with Gasteiger partial charge in [-0.25, -0.2) is 0 Å². The molecule has 0 saturated heterocycles. The number of halogens is 1. The Balaban J connectivity index is 1.93. The van der Waals surface area contributed by atoms with Crippen molar-refractivity contribution < 1.29 is 4.79 Å². The molecule has 1 aliphatic carbocycles. The van der Waals surface area contributed by atoms with Crippen LogP contribution in [0.1, 0.15) is 38.2 Å². The maximum absolute atomic E-state index is 12.2. The smallest absolute Gasteiger partial charge is 0.238 e. The van der Waals surface area contributed by atoms with E-state index in [9.17, 15) is 4.79 Å². The van der Waals surface area contributed by atoms with Crippen LogP contribution in [0.2, 0.25) is 0 Å². The second-order valence-electron chi connectivity index (χ2n) is 5.53. The first-order valence-corrected chi connectivity index (χ1v) is 8.19. The van der Waals surface area contributed by atoms with Crippen molar-refractivity contribution in [1.82, 2.24) is 4.90 Å². The molecule has 0 radical (unpaired) electrons. The summed E-state index contributed by atoms with van der Waals surface area (Å²) in [5.41, 5.74) is 2.03. The lowest BCUT2D eigenvalue weighted by molar-refractivity contribution is -0.117. The number of carbonyl (C=O) groups is 1. The van der Waals surface area contributed by atoms with Crippen molar-refractivity contribution >= 4 is 27.5 Å². The highest BCUT2D eigenvalue weighted by molar-refractivity contribution is 9.10. The largest absolute Gasteiger partial charge is 0.324 e. The van der Waals surface area contributed by atoms with Gasteiger partial charge < -0.3 is 5.32 Å². The predicted molar refractivity (Wildman–Crippen MR) is 87.0 cm³/mol. The van der Waals surface area contributed by atoms with Crippen molar-refractivity contribution in [2.75, 3.05) is 18.4 Å². The van der Waals surface area contributed by atoms with Gasteiger partial charge in [-0.2, -0.15) is 0 Å². The number of benzene rings is 1. The van der Waals surface area contributed by atoms with Gasteiger partial charge in [-0.05, 0) is 59.9 Å². The Bertz CT molecular complexity index is 470. The van der Waals surface area contributed by atoms with Crippen molar-refractivity contribution in [3.63, 3.8) is 0 Å². The van der Waals surface area contributed by atoms with Crippen LogP contribution in [0, 0.1) is 6.92 Å². The number of anilines is 1. The lowest BCUT2D eigenvalue weighted by Gasteiger charge is -2.26.